The molecule has 0 bridgehead atoms. The Hall–Kier alpha value is -2.35. The van der Waals surface area contributed by atoms with Crippen LogP contribution in [-0.4, -0.2) is 34.1 Å². The van der Waals surface area contributed by atoms with Crippen LogP contribution < -0.4 is 14.9 Å². The van der Waals surface area contributed by atoms with Crippen molar-refractivity contribution in [3.63, 3.8) is 0 Å². The van der Waals surface area contributed by atoms with Crippen molar-refractivity contribution >= 4 is 28.7 Å². The molecule has 2 heterocycles. The average molecular weight is 403 g/mol. The molecule has 0 saturated carbocycles. The lowest BCUT2D eigenvalue weighted by atomic mass is 10.00. The number of carbonyl (C=O) groups is 1. The highest BCUT2D eigenvalue weighted by Gasteiger charge is 2.33. The third kappa shape index (κ3) is 4.92. The molecule has 0 N–H and O–H groups in total. The first-order valence-corrected chi connectivity index (χ1v) is 10.6. The standard InChI is InChI=1S/C20H26N4O3S/c1-14(13-28-20(26)17-10-5-4-6-11-17)19(25)21-18-12-23(22-27-18)24-15(2)8-7-9-16(24)3/h4-6,10-12,14-16H,7-9,13H2,1-3H3/t14-,15?,16?/m1/s1. The summed E-state index contributed by atoms with van der Waals surface area (Å²) >= 11 is 1.13. The summed E-state index contributed by atoms with van der Waals surface area (Å²) in [5.41, 5.74) is 0.630. The van der Waals surface area contributed by atoms with Crippen LogP contribution in [0.2, 0.25) is 0 Å². The smallest absolute Gasteiger partial charge is 0.324 e. The van der Waals surface area contributed by atoms with Crippen LogP contribution in [0.3, 0.4) is 0 Å². The van der Waals surface area contributed by atoms with Gasteiger partial charge in [-0.2, -0.15) is 0 Å². The Labute approximate surface area is 169 Å². The fraction of sp³-hybridized carbons (Fsp3) is 0.500. The molecule has 1 aliphatic rings. The zero-order valence-corrected chi connectivity index (χ0v) is 17.3. The Balaban J connectivity index is 1.60. The molecule has 8 heteroatoms. The number of nitrogens with zero attached hydrogens (tertiary/aromatic N) is 4. The number of rotatable bonds is 6. The molecule has 7 nitrogen and oxygen atoms in total. The molecule has 2 aromatic rings. The van der Waals surface area contributed by atoms with E-state index in [1.165, 1.54) is 6.42 Å². The van der Waals surface area contributed by atoms with E-state index in [2.05, 4.69) is 29.1 Å². The van der Waals surface area contributed by atoms with Gasteiger partial charge in [-0.15, -0.1) is 5.01 Å². The number of benzene rings is 1. The van der Waals surface area contributed by atoms with E-state index in [0.29, 0.717) is 23.4 Å². The molecule has 1 aliphatic heterocycles. The summed E-state index contributed by atoms with van der Waals surface area (Å²) in [7, 11) is 0. The summed E-state index contributed by atoms with van der Waals surface area (Å²) in [5, 5.41) is 18.5. The van der Waals surface area contributed by atoms with Gasteiger partial charge in [0.1, 0.15) is 0 Å². The Morgan fingerprint density at radius 3 is 2.71 bits per heavy atom. The molecule has 3 atom stereocenters. The number of hydrogen-bond acceptors (Lipinski definition) is 7. The van der Waals surface area contributed by atoms with Crippen molar-refractivity contribution in [2.45, 2.75) is 52.1 Å². The minimum atomic E-state index is -0.399. The SMILES string of the molecule is CC1CCCC(C)N1[n+]1cc(N=C([O-])[C@H](C)CSC(=O)c2ccccc2)on1. The van der Waals surface area contributed by atoms with Gasteiger partial charge in [-0.25, -0.2) is 4.99 Å². The van der Waals surface area contributed by atoms with Crippen LogP contribution in [0.25, 0.3) is 0 Å². The zero-order valence-electron chi connectivity index (χ0n) is 16.4. The summed E-state index contributed by atoms with van der Waals surface area (Å²) < 4.78 is 5.24. The molecule has 1 aromatic heterocycles. The number of aromatic nitrogens is 2. The average Bonchev–Trinajstić information content (AvgIpc) is 3.14. The van der Waals surface area contributed by atoms with Gasteiger partial charge in [-0.3, -0.25) is 9.32 Å². The van der Waals surface area contributed by atoms with E-state index in [1.54, 1.807) is 30.0 Å². The summed E-state index contributed by atoms with van der Waals surface area (Å²) in [6.07, 6.45) is 5.04. The molecule has 3 rings (SSSR count). The maximum Gasteiger partial charge on any atom is 0.324 e. The van der Waals surface area contributed by atoms with Crippen molar-refractivity contribution in [3.05, 3.63) is 42.1 Å². The third-order valence-electron chi connectivity index (χ3n) is 4.94. The maximum absolute atomic E-state index is 12.4. The zero-order chi connectivity index (χ0) is 20.1. The first kappa shape index (κ1) is 20.4. The molecule has 2 unspecified atom stereocenters. The van der Waals surface area contributed by atoms with Crippen LogP contribution in [0.1, 0.15) is 50.4 Å². The van der Waals surface area contributed by atoms with Gasteiger partial charge >= 0.3 is 5.88 Å². The van der Waals surface area contributed by atoms with E-state index in [9.17, 15) is 9.90 Å². The number of piperidine rings is 1. The lowest BCUT2D eigenvalue weighted by molar-refractivity contribution is -0.766. The van der Waals surface area contributed by atoms with Gasteiger partial charge in [-0.1, -0.05) is 49.0 Å². The van der Waals surface area contributed by atoms with Crippen LogP contribution in [0.4, 0.5) is 5.88 Å². The van der Waals surface area contributed by atoms with Gasteiger partial charge in [-0.05, 0) is 44.9 Å². The lowest BCUT2D eigenvalue weighted by Crippen LogP contribution is -2.67. The van der Waals surface area contributed by atoms with Crippen LogP contribution in [0.15, 0.2) is 46.0 Å². The first-order chi connectivity index (χ1) is 13.5. The second-order valence-corrected chi connectivity index (χ2v) is 8.28. The van der Waals surface area contributed by atoms with Crippen molar-refractivity contribution in [1.29, 1.82) is 0 Å². The van der Waals surface area contributed by atoms with E-state index in [0.717, 1.165) is 24.6 Å². The van der Waals surface area contributed by atoms with Gasteiger partial charge < -0.3 is 5.11 Å². The lowest BCUT2D eigenvalue weighted by Gasteiger charge is -2.31. The quantitative estimate of drug-likeness (QED) is 0.419. The highest BCUT2D eigenvalue weighted by Crippen LogP contribution is 2.20. The summed E-state index contributed by atoms with van der Waals surface area (Å²) in [5.74, 6) is -0.175. The largest absolute Gasteiger partial charge is 0.861 e. The maximum atomic E-state index is 12.4. The predicted octanol–water partition coefficient (Wildman–Crippen LogP) is 2.46. The van der Waals surface area contributed by atoms with Crippen molar-refractivity contribution < 1.29 is 19.2 Å². The number of hydrogen-bond donors (Lipinski definition) is 0. The number of aliphatic imine (C=N–C) groups is 1. The minimum Gasteiger partial charge on any atom is -0.861 e. The second-order valence-electron chi connectivity index (χ2n) is 7.29. The fourth-order valence-electron chi connectivity index (χ4n) is 3.35. The summed E-state index contributed by atoms with van der Waals surface area (Å²) in [6.45, 7) is 6.07. The monoisotopic (exact) mass is 402 g/mol. The van der Waals surface area contributed by atoms with E-state index in [4.69, 9.17) is 4.52 Å². The molecule has 0 spiro atoms. The normalized spacial score (nSPS) is 21.5. The number of carbonyl (C=O) groups excluding carboxylic acids is 1. The van der Waals surface area contributed by atoms with Crippen molar-refractivity contribution in [2.75, 3.05) is 10.8 Å². The molecule has 0 amide bonds. The molecule has 1 fully saturated rings. The van der Waals surface area contributed by atoms with Gasteiger partial charge in [0.05, 0.1) is 16.9 Å². The Bertz CT molecular complexity index is 814. The van der Waals surface area contributed by atoms with Crippen molar-refractivity contribution in [1.82, 2.24) is 5.27 Å². The van der Waals surface area contributed by atoms with Gasteiger partial charge in [0, 0.05) is 11.3 Å². The van der Waals surface area contributed by atoms with E-state index < -0.39 is 5.92 Å². The Morgan fingerprint density at radius 2 is 2.04 bits per heavy atom. The second kappa shape index (κ2) is 9.23. The Kier molecular flexibility index (Phi) is 6.72. The van der Waals surface area contributed by atoms with E-state index in [-0.39, 0.29) is 16.9 Å². The van der Waals surface area contributed by atoms with Crippen LogP contribution >= 0.6 is 11.8 Å². The van der Waals surface area contributed by atoms with Gasteiger partial charge in [0.15, 0.2) is 0 Å². The van der Waals surface area contributed by atoms with Crippen molar-refractivity contribution in [3.8, 4) is 0 Å². The van der Waals surface area contributed by atoms with E-state index >= 15 is 0 Å². The summed E-state index contributed by atoms with van der Waals surface area (Å²) in [6, 6.07) is 9.73. The minimum absolute atomic E-state index is 0.0502. The number of thioether (sulfide) groups is 1. The molecular weight excluding hydrogens is 376 g/mol. The molecule has 1 aromatic carbocycles. The molecule has 0 aliphatic carbocycles. The van der Waals surface area contributed by atoms with Crippen molar-refractivity contribution in [2.24, 2.45) is 10.9 Å². The molecule has 1 saturated heterocycles. The van der Waals surface area contributed by atoms with E-state index in [1.807, 2.05) is 18.2 Å². The molecular formula is C20H26N4O3S. The first-order valence-electron chi connectivity index (χ1n) is 9.60. The molecule has 28 heavy (non-hydrogen) atoms. The fourth-order valence-corrected chi connectivity index (χ4v) is 4.19. The predicted molar refractivity (Wildman–Crippen MR) is 107 cm³/mol. The summed E-state index contributed by atoms with van der Waals surface area (Å²) in [4.78, 5) is 17.8. The molecule has 150 valence electrons. The third-order valence-corrected chi connectivity index (χ3v) is 6.11. The highest BCUT2D eigenvalue weighted by atomic mass is 32.2. The highest BCUT2D eigenvalue weighted by molar-refractivity contribution is 8.14. The van der Waals surface area contributed by atoms with Crippen LogP contribution in [0, 0.1) is 5.92 Å². The van der Waals surface area contributed by atoms with Crippen LogP contribution in [-0.2, 0) is 0 Å². The van der Waals surface area contributed by atoms with Crippen LogP contribution in [0.5, 0.6) is 0 Å². The Morgan fingerprint density at radius 1 is 1.36 bits per heavy atom. The molecule has 0 radical (unpaired) electrons. The van der Waals surface area contributed by atoms with Gasteiger partial charge in [0.25, 0.3) is 6.20 Å². The van der Waals surface area contributed by atoms with Gasteiger partial charge in [0.2, 0.25) is 10.4 Å². The topological polar surface area (TPSA) is 85.6 Å².